The summed E-state index contributed by atoms with van der Waals surface area (Å²) in [6, 6.07) is 7.72. The average molecular weight is 305 g/mol. The number of rotatable bonds is 4. The quantitative estimate of drug-likeness (QED) is 0.853. The highest BCUT2D eigenvalue weighted by molar-refractivity contribution is 5.80. The maximum Gasteiger partial charge on any atom is 0.227 e. The fourth-order valence-corrected chi connectivity index (χ4v) is 3.26. The lowest BCUT2D eigenvalue weighted by molar-refractivity contribution is -0.150. The minimum Gasteiger partial charge on any atom is -0.496 e. The number of para-hydroxylation sites is 1. The second kappa shape index (κ2) is 7.11. The summed E-state index contributed by atoms with van der Waals surface area (Å²) in [5.41, 5.74) is 0.924. The Morgan fingerprint density at radius 1 is 1.27 bits per heavy atom. The molecule has 0 saturated carbocycles. The highest BCUT2D eigenvalue weighted by Gasteiger charge is 2.36. The van der Waals surface area contributed by atoms with E-state index in [1.807, 2.05) is 29.2 Å². The Kier molecular flexibility index (Phi) is 4.95. The molecule has 5 heteroatoms. The van der Waals surface area contributed by atoms with E-state index in [-0.39, 0.29) is 18.2 Å². The molecule has 1 amide bonds. The lowest BCUT2D eigenvalue weighted by atomic mass is 10.00. The van der Waals surface area contributed by atoms with Gasteiger partial charge in [-0.1, -0.05) is 18.2 Å². The van der Waals surface area contributed by atoms with Gasteiger partial charge in [0, 0.05) is 12.1 Å². The van der Waals surface area contributed by atoms with Gasteiger partial charge in [0.2, 0.25) is 5.91 Å². The van der Waals surface area contributed by atoms with E-state index in [4.69, 9.17) is 14.2 Å². The van der Waals surface area contributed by atoms with Crippen molar-refractivity contribution < 1.29 is 19.0 Å². The Labute approximate surface area is 131 Å². The van der Waals surface area contributed by atoms with Crippen molar-refractivity contribution in [1.29, 1.82) is 0 Å². The minimum atomic E-state index is -0.262. The third-order valence-electron chi connectivity index (χ3n) is 4.37. The number of methoxy groups -OCH3 is 1. The van der Waals surface area contributed by atoms with Gasteiger partial charge < -0.3 is 19.1 Å². The Balaban J connectivity index is 1.71. The molecule has 22 heavy (non-hydrogen) atoms. The van der Waals surface area contributed by atoms with Crippen LogP contribution in [0.1, 0.15) is 24.8 Å². The first-order valence-corrected chi connectivity index (χ1v) is 7.94. The van der Waals surface area contributed by atoms with Gasteiger partial charge >= 0.3 is 0 Å². The number of hydrogen-bond donors (Lipinski definition) is 0. The van der Waals surface area contributed by atoms with E-state index in [1.54, 1.807) is 7.11 Å². The van der Waals surface area contributed by atoms with Crippen LogP contribution in [-0.2, 0) is 20.7 Å². The van der Waals surface area contributed by atoms with Gasteiger partial charge in [-0.2, -0.15) is 0 Å². The molecule has 2 aliphatic heterocycles. The second-order valence-corrected chi connectivity index (χ2v) is 5.75. The van der Waals surface area contributed by atoms with Gasteiger partial charge in [-0.3, -0.25) is 4.79 Å². The molecule has 1 atom stereocenters. The summed E-state index contributed by atoms with van der Waals surface area (Å²) in [6.07, 6.45) is 3.20. The Morgan fingerprint density at radius 2 is 2.05 bits per heavy atom. The number of likely N-dealkylation sites (tertiary alicyclic amines) is 1. The number of benzene rings is 1. The van der Waals surface area contributed by atoms with Gasteiger partial charge in [0.1, 0.15) is 5.75 Å². The van der Waals surface area contributed by atoms with Crippen molar-refractivity contribution in [3.8, 4) is 5.75 Å². The third kappa shape index (κ3) is 3.25. The van der Waals surface area contributed by atoms with Crippen LogP contribution in [0.3, 0.4) is 0 Å². The van der Waals surface area contributed by atoms with E-state index in [1.165, 1.54) is 0 Å². The molecule has 5 nitrogen and oxygen atoms in total. The average Bonchev–Trinajstić information content (AvgIpc) is 3.09. The van der Waals surface area contributed by atoms with E-state index >= 15 is 0 Å². The van der Waals surface area contributed by atoms with Crippen LogP contribution in [-0.4, -0.2) is 50.0 Å². The molecule has 0 spiro atoms. The van der Waals surface area contributed by atoms with Crippen LogP contribution in [0.15, 0.2) is 24.3 Å². The fraction of sp³-hybridized carbons (Fsp3) is 0.588. The summed E-state index contributed by atoms with van der Waals surface area (Å²) in [5.74, 6) is 0.881. The maximum absolute atomic E-state index is 12.8. The summed E-state index contributed by atoms with van der Waals surface area (Å²) >= 11 is 0. The van der Waals surface area contributed by atoms with Crippen molar-refractivity contribution in [1.82, 2.24) is 4.90 Å². The zero-order chi connectivity index (χ0) is 15.4. The van der Waals surface area contributed by atoms with Crippen LogP contribution in [0.2, 0.25) is 0 Å². The zero-order valence-electron chi connectivity index (χ0n) is 13.0. The topological polar surface area (TPSA) is 48.0 Å². The summed E-state index contributed by atoms with van der Waals surface area (Å²) in [7, 11) is 1.63. The highest BCUT2D eigenvalue weighted by atomic mass is 16.7. The van der Waals surface area contributed by atoms with Gasteiger partial charge in [-0.25, -0.2) is 0 Å². The molecule has 0 N–H and O–H groups in total. The van der Waals surface area contributed by atoms with Crippen molar-refractivity contribution in [2.24, 2.45) is 0 Å². The number of carbonyl (C=O) groups excluding carboxylic acids is 1. The second-order valence-electron chi connectivity index (χ2n) is 5.75. The van der Waals surface area contributed by atoms with E-state index in [0.29, 0.717) is 19.6 Å². The van der Waals surface area contributed by atoms with Crippen LogP contribution < -0.4 is 4.74 Å². The number of carbonyl (C=O) groups is 1. The third-order valence-corrected chi connectivity index (χ3v) is 4.37. The molecule has 3 rings (SSSR count). The molecule has 0 unspecified atom stereocenters. The van der Waals surface area contributed by atoms with Gasteiger partial charge in [-0.05, 0) is 25.3 Å². The normalized spacial score (nSPS) is 22.8. The number of amides is 1. The van der Waals surface area contributed by atoms with E-state index in [0.717, 1.165) is 37.1 Å². The number of hydrogen-bond acceptors (Lipinski definition) is 4. The predicted molar refractivity (Wildman–Crippen MR) is 81.7 cm³/mol. The zero-order valence-corrected chi connectivity index (χ0v) is 13.0. The standard InChI is InChI=1S/C17H23NO4/c1-20-15-8-3-2-6-13(15)12-16(19)18-9-5-4-7-14(18)17-21-10-11-22-17/h2-3,6,8,14,17H,4-5,7,9-12H2,1H3/t14-/m0/s1. The van der Waals surface area contributed by atoms with Gasteiger partial charge in [-0.15, -0.1) is 0 Å². The van der Waals surface area contributed by atoms with Gasteiger partial charge in [0.05, 0.1) is 32.8 Å². The van der Waals surface area contributed by atoms with E-state index in [2.05, 4.69) is 0 Å². The summed E-state index contributed by atoms with van der Waals surface area (Å²) in [4.78, 5) is 14.7. The molecule has 2 heterocycles. The molecular formula is C17H23NO4. The lowest BCUT2D eigenvalue weighted by Crippen LogP contribution is -2.50. The predicted octanol–water partition coefficient (Wildman–Crippen LogP) is 1.99. The first kappa shape index (κ1) is 15.3. The largest absolute Gasteiger partial charge is 0.496 e. The first-order valence-electron chi connectivity index (χ1n) is 7.94. The molecule has 0 radical (unpaired) electrons. The van der Waals surface area contributed by atoms with Crippen molar-refractivity contribution in [3.05, 3.63) is 29.8 Å². The highest BCUT2D eigenvalue weighted by Crippen LogP contribution is 2.26. The molecule has 120 valence electrons. The van der Waals surface area contributed by atoms with Crippen LogP contribution in [0.25, 0.3) is 0 Å². The molecule has 2 saturated heterocycles. The SMILES string of the molecule is COc1ccccc1CC(=O)N1CCCC[C@H]1C1OCCO1. The Hall–Kier alpha value is -1.59. The van der Waals surface area contributed by atoms with Gasteiger partial charge in [0.25, 0.3) is 0 Å². The Bertz CT molecular complexity index is 513. The number of ether oxygens (including phenoxy) is 3. The van der Waals surface area contributed by atoms with Crippen molar-refractivity contribution in [3.63, 3.8) is 0 Å². The molecule has 0 aliphatic carbocycles. The van der Waals surface area contributed by atoms with Crippen LogP contribution >= 0.6 is 0 Å². The maximum atomic E-state index is 12.8. The van der Waals surface area contributed by atoms with Crippen LogP contribution in [0.5, 0.6) is 5.75 Å². The van der Waals surface area contributed by atoms with Crippen molar-refractivity contribution in [2.45, 2.75) is 38.0 Å². The van der Waals surface area contributed by atoms with Gasteiger partial charge in [0.15, 0.2) is 6.29 Å². The molecule has 2 aliphatic rings. The first-order chi connectivity index (χ1) is 10.8. The molecule has 1 aromatic carbocycles. The van der Waals surface area contributed by atoms with Crippen molar-refractivity contribution >= 4 is 5.91 Å². The molecule has 0 aromatic heterocycles. The van der Waals surface area contributed by atoms with Crippen molar-refractivity contribution in [2.75, 3.05) is 26.9 Å². The molecule has 1 aromatic rings. The monoisotopic (exact) mass is 305 g/mol. The molecular weight excluding hydrogens is 282 g/mol. The number of nitrogens with zero attached hydrogens (tertiary/aromatic N) is 1. The van der Waals surface area contributed by atoms with Crippen LogP contribution in [0.4, 0.5) is 0 Å². The van der Waals surface area contributed by atoms with E-state index < -0.39 is 0 Å². The minimum absolute atomic E-state index is 0.0402. The Morgan fingerprint density at radius 3 is 2.82 bits per heavy atom. The van der Waals surface area contributed by atoms with Crippen LogP contribution in [0, 0.1) is 0 Å². The molecule has 2 fully saturated rings. The number of piperidine rings is 1. The summed E-state index contributed by atoms with van der Waals surface area (Å²) in [5, 5.41) is 0. The lowest BCUT2D eigenvalue weighted by Gasteiger charge is -2.38. The molecule has 0 bridgehead atoms. The summed E-state index contributed by atoms with van der Waals surface area (Å²) in [6.45, 7) is 2.02. The fourth-order valence-electron chi connectivity index (χ4n) is 3.26. The van der Waals surface area contributed by atoms with E-state index in [9.17, 15) is 4.79 Å². The summed E-state index contributed by atoms with van der Waals surface area (Å²) < 4.78 is 16.6. The smallest absolute Gasteiger partial charge is 0.227 e.